The van der Waals surface area contributed by atoms with E-state index < -0.39 is 0 Å². The van der Waals surface area contributed by atoms with Crippen molar-refractivity contribution in [1.82, 2.24) is 0 Å². The Morgan fingerprint density at radius 2 is 2.33 bits per heavy atom. The van der Waals surface area contributed by atoms with Gasteiger partial charge in [0.1, 0.15) is 12.4 Å². The van der Waals surface area contributed by atoms with Gasteiger partial charge in [0.15, 0.2) is 0 Å². The van der Waals surface area contributed by atoms with E-state index in [0.717, 1.165) is 37.9 Å². The summed E-state index contributed by atoms with van der Waals surface area (Å²) in [6.45, 7) is 1.88. The molecule has 1 amide bonds. The molecule has 114 valence electrons. The van der Waals surface area contributed by atoms with Crippen molar-refractivity contribution in [3.8, 4) is 0 Å². The Bertz CT molecular complexity index is 514. The third-order valence-corrected chi connectivity index (χ3v) is 4.02. The first-order valence-corrected chi connectivity index (χ1v) is 7.52. The highest BCUT2D eigenvalue weighted by atomic mass is 19.1. The Kier molecular flexibility index (Phi) is 4.51. The molecule has 0 spiro atoms. The third-order valence-electron chi connectivity index (χ3n) is 4.02. The molecule has 0 N–H and O–H groups in total. The van der Waals surface area contributed by atoms with Crippen LogP contribution < -0.4 is 4.90 Å². The molecule has 3 rings (SSSR count). The van der Waals surface area contributed by atoms with Gasteiger partial charge in [-0.1, -0.05) is 6.07 Å². The first-order valence-electron chi connectivity index (χ1n) is 7.52. The van der Waals surface area contributed by atoms with Gasteiger partial charge in [0, 0.05) is 18.8 Å². The second kappa shape index (κ2) is 6.54. The van der Waals surface area contributed by atoms with Crippen molar-refractivity contribution >= 4 is 11.6 Å². The molecule has 5 heteroatoms. The number of carbonyl (C=O) groups is 1. The predicted molar refractivity (Wildman–Crippen MR) is 76.9 cm³/mol. The molecule has 0 aromatic heterocycles. The monoisotopic (exact) mass is 293 g/mol. The van der Waals surface area contributed by atoms with E-state index in [4.69, 9.17) is 9.47 Å². The van der Waals surface area contributed by atoms with Crippen LogP contribution in [0.4, 0.5) is 10.1 Å². The number of benzene rings is 1. The molecule has 1 fully saturated rings. The molecule has 1 aromatic carbocycles. The molecule has 0 saturated carbocycles. The Balaban J connectivity index is 1.59. The third kappa shape index (κ3) is 3.41. The smallest absolute Gasteiger partial charge is 0.252 e. The van der Waals surface area contributed by atoms with Crippen molar-refractivity contribution < 1.29 is 18.7 Å². The van der Waals surface area contributed by atoms with Crippen LogP contribution >= 0.6 is 0 Å². The van der Waals surface area contributed by atoms with E-state index in [2.05, 4.69) is 0 Å². The van der Waals surface area contributed by atoms with Crippen LogP contribution in [0.5, 0.6) is 0 Å². The van der Waals surface area contributed by atoms with E-state index >= 15 is 0 Å². The maximum absolute atomic E-state index is 13.4. The van der Waals surface area contributed by atoms with Crippen LogP contribution in [0.1, 0.15) is 24.8 Å². The summed E-state index contributed by atoms with van der Waals surface area (Å²) in [7, 11) is 0. The Morgan fingerprint density at radius 1 is 1.43 bits per heavy atom. The zero-order chi connectivity index (χ0) is 14.7. The summed E-state index contributed by atoms with van der Waals surface area (Å²) in [6.07, 6.45) is 3.95. The number of amides is 1. The van der Waals surface area contributed by atoms with Crippen LogP contribution in [0.15, 0.2) is 18.2 Å². The first-order chi connectivity index (χ1) is 10.2. The van der Waals surface area contributed by atoms with Gasteiger partial charge in [-0.2, -0.15) is 0 Å². The fourth-order valence-corrected chi connectivity index (χ4v) is 2.94. The molecule has 21 heavy (non-hydrogen) atoms. The van der Waals surface area contributed by atoms with Crippen LogP contribution in [0.3, 0.4) is 0 Å². The number of rotatable bonds is 4. The summed E-state index contributed by atoms with van der Waals surface area (Å²) in [4.78, 5) is 13.9. The standard InChI is InChI=1S/C16H20FNO3/c17-13-6-5-12-3-1-7-18(15(12)9-13)16(19)11-20-10-14-4-2-8-21-14/h5-6,9,14H,1-4,7-8,10-11H2. The summed E-state index contributed by atoms with van der Waals surface area (Å²) in [5.74, 6) is -0.423. The second-order valence-electron chi connectivity index (χ2n) is 5.57. The fraction of sp³-hybridized carbons (Fsp3) is 0.562. The molecule has 1 aromatic rings. The normalized spacial score (nSPS) is 21.4. The Morgan fingerprint density at radius 3 is 3.14 bits per heavy atom. The fourth-order valence-electron chi connectivity index (χ4n) is 2.94. The number of carbonyl (C=O) groups excluding carboxylic acids is 1. The molecule has 1 saturated heterocycles. The zero-order valence-corrected chi connectivity index (χ0v) is 12.0. The van der Waals surface area contributed by atoms with Crippen molar-refractivity contribution in [1.29, 1.82) is 0 Å². The number of fused-ring (bicyclic) bond motifs is 1. The number of hydrogen-bond acceptors (Lipinski definition) is 3. The van der Waals surface area contributed by atoms with Crippen LogP contribution in [0, 0.1) is 5.82 Å². The molecule has 4 nitrogen and oxygen atoms in total. The summed E-state index contributed by atoms with van der Waals surface area (Å²) in [5.41, 5.74) is 1.71. The maximum atomic E-state index is 13.4. The molecule has 1 unspecified atom stereocenters. The minimum Gasteiger partial charge on any atom is -0.376 e. The van der Waals surface area contributed by atoms with Crippen molar-refractivity contribution in [3.63, 3.8) is 0 Å². The summed E-state index contributed by atoms with van der Waals surface area (Å²) in [6, 6.07) is 4.64. The highest BCUT2D eigenvalue weighted by Gasteiger charge is 2.23. The number of aryl methyl sites for hydroxylation is 1. The Hall–Kier alpha value is -1.46. The van der Waals surface area contributed by atoms with Crippen molar-refractivity contribution in [3.05, 3.63) is 29.6 Å². The topological polar surface area (TPSA) is 38.8 Å². The summed E-state index contributed by atoms with van der Waals surface area (Å²) < 4.78 is 24.3. The second-order valence-corrected chi connectivity index (χ2v) is 5.57. The maximum Gasteiger partial charge on any atom is 0.252 e. The lowest BCUT2D eigenvalue weighted by molar-refractivity contribution is -0.124. The molecule has 0 radical (unpaired) electrons. The van der Waals surface area contributed by atoms with Crippen molar-refractivity contribution in [2.24, 2.45) is 0 Å². The highest BCUT2D eigenvalue weighted by Crippen LogP contribution is 2.28. The summed E-state index contributed by atoms with van der Waals surface area (Å²) in [5, 5.41) is 0. The van der Waals surface area contributed by atoms with E-state index in [1.807, 2.05) is 0 Å². The van der Waals surface area contributed by atoms with Gasteiger partial charge in [-0.25, -0.2) is 4.39 Å². The van der Waals surface area contributed by atoms with Crippen LogP contribution in [0.2, 0.25) is 0 Å². The largest absolute Gasteiger partial charge is 0.376 e. The molecule has 1 atom stereocenters. The van der Waals surface area contributed by atoms with Gasteiger partial charge < -0.3 is 14.4 Å². The van der Waals surface area contributed by atoms with E-state index in [1.54, 1.807) is 11.0 Å². The van der Waals surface area contributed by atoms with Crippen molar-refractivity contribution in [2.75, 3.05) is 31.3 Å². The average molecular weight is 293 g/mol. The van der Waals surface area contributed by atoms with Gasteiger partial charge in [-0.15, -0.1) is 0 Å². The molecular formula is C16H20FNO3. The number of halogens is 1. The quantitative estimate of drug-likeness (QED) is 0.855. The molecular weight excluding hydrogens is 273 g/mol. The van der Waals surface area contributed by atoms with Gasteiger partial charge in [0.05, 0.1) is 12.7 Å². The van der Waals surface area contributed by atoms with Gasteiger partial charge in [0.25, 0.3) is 5.91 Å². The molecule has 0 aliphatic carbocycles. The Labute approximate surface area is 123 Å². The number of hydrogen-bond donors (Lipinski definition) is 0. The van der Waals surface area contributed by atoms with E-state index in [1.165, 1.54) is 12.1 Å². The highest BCUT2D eigenvalue weighted by molar-refractivity contribution is 5.95. The molecule has 0 bridgehead atoms. The van der Waals surface area contributed by atoms with E-state index in [-0.39, 0.29) is 24.4 Å². The number of ether oxygens (including phenoxy) is 2. The minimum atomic E-state index is -0.311. The molecule has 2 heterocycles. The van der Waals surface area contributed by atoms with E-state index in [0.29, 0.717) is 18.8 Å². The molecule has 2 aliphatic heterocycles. The zero-order valence-electron chi connectivity index (χ0n) is 12.0. The van der Waals surface area contributed by atoms with Crippen LogP contribution in [-0.4, -0.2) is 38.4 Å². The average Bonchev–Trinajstić information content (AvgIpc) is 2.99. The number of anilines is 1. The lowest BCUT2D eigenvalue weighted by Crippen LogP contribution is -2.38. The van der Waals surface area contributed by atoms with Gasteiger partial charge >= 0.3 is 0 Å². The molecule has 2 aliphatic rings. The van der Waals surface area contributed by atoms with Crippen LogP contribution in [0.25, 0.3) is 0 Å². The lowest BCUT2D eigenvalue weighted by atomic mass is 10.0. The van der Waals surface area contributed by atoms with Gasteiger partial charge in [-0.3, -0.25) is 4.79 Å². The minimum absolute atomic E-state index is 0.0236. The van der Waals surface area contributed by atoms with Gasteiger partial charge in [0.2, 0.25) is 0 Å². The summed E-state index contributed by atoms with van der Waals surface area (Å²) >= 11 is 0. The lowest BCUT2D eigenvalue weighted by Gasteiger charge is -2.29. The number of nitrogens with zero attached hydrogens (tertiary/aromatic N) is 1. The van der Waals surface area contributed by atoms with Gasteiger partial charge in [-0.05, 0) is 43.4 Å². The van der Waals surface area contributed by atoms with E-state index in [9.17, 15) is 9.18 Å². The SMILES string of the molecule is O=C(COCC1CCCO1)N1CCCc2ccc(F)cc21. The van der Waals surface area contributed by atoms with Crippen molar-refractivity contribution in [2.45, 2.75) is 31.8 Å². The first kappa shape index (κ1) is 14.5. The van der Waals surface area contributed by atoms with Crippen LogP contribution in [-0.2, 0) is 20.7 Å². The predicted octanol–water partition coefficient (Wildman–Crippen LogP) is 2.30.